The number of aryl methyl sites for hydroxylation is 1. The summed E-state index contributed by atoms with van der Waals surface area (Å²) in [4.78, 5) is 3.80. The van der Waals surface area contributed by atoms with Crippen LogP contribution in [0.3, 0.4) is 0 Å². The monoisotopic (exact) mass is 257 g/mol. The summed E-state index contributed by atoms with van der Waals surface area (Å²) in [6, 6.07) is 10.7. The van der Waals surface area contributed by atoms with Gasteiger partial charge in [-0.2, -0.15) is 4.39 Å². The first-order chi connectivity index (χ1) is 9.17. The molecule has 0 N–H and O–H groups in total. The first-order valence-electron chi connectivity index (χ1n) is 5.88. The van der Waals surface area contributed by atoms with Crippen molar-refractivity contribution in [2.45, 2.75) is 6.92 Å². The molecule has 0 radical (unpaired) electrons. The molecule has 0 amide bonds. The van der Waals surface area contributed by atoms with E-state index in [1.165, 1.54) is 0 Å². The second kappa shape index (κ2) is 4.39. The summed E-state index contributed by atoms with van der Waals surface area (Å²) in [5, 5.41) is 0.870. The number of aromatic nitrogens is 1. The lowest BCUT2D eigenvalue weighted by molar-refractivity contribution is 0.415. The van der Waals surface area contributed by atoms with Crippen molar-refractivity contribution in [1.82, 2.24) is 4.98 Å². The van der Waals surface area contributed by atoms with E-state index in [4.69, 9.17) is 9.15 Å². The number of halogens is 1. The number of nitrogens with zero attached hydrogens (tertiary/aromatic N) is 1. The summed E-state index contributed by atoms with van der Waals surface area (Å²) in [5.74, 6) is 0.682. The van der Waals surface area contributed by atoms with E-state index < -0.39 is 5.95 Å². The predicted molar refractivity (Wildman–Crippen MR) is 70.7 cm³/mol. The average Bonchev–Trinajstić information content (AvgIpc) is 2.80. The summed E-state index contributed by atoms with van der Waals surface area (Å²) in [5.41, 5.74) is 1.69. The summed E-state index contributed by atoms with van der Waals surface area (Å²) >= 11 is 0. The first-order valence-corrected chi connectivity index (χ1v) is 5.88. The van der Waals surface area contributed by atoms with E-state index in [1.54, 1.807) is 44.4 Å². The van der Waals surface area contributed by atoms with Crippen molar-refractivity contribution in [3.63, 3.8) is 0 Å². The number of fused-ring (bicyclic) bond motifs is 1. The quantitative estimate of drug-likeness (QED) is 0.652. The Labute approximate surface area is 109 Å². The number of benzene rings is 1. The van der Waals surface area contributed by atoms with E-state index in [0.29, 0.717) is 22.6 Å². The number of ether oxygens (including phenoxy) is 1. The van der Waals surface area contributed by atoms with Gasteiger partial charge in [-0.05, 0) is 43.3 Å². The Morgan fingerprint density at radius 1 is 1.16 bits per heavy atom. The van der Waals surface area contributed by atoms with Gasteiger partial charge in [0.15, 0.2) is 0 Å². The Kier molecular flexibility index (Phi) is 2.71. The van der Waals surface area contributed by atoms with E-state index in [-0.39, 0.29) is 0 Å². The summed E-state index contributed by atoms with van der Waals surface area (Å²) < 4.78 is 24.6. The molecule has 3 aromatic rings. The molecule has 3 nitrogen and oxygen atoms in total. The maximum atomic E-state index is 13.8. The fraction of sp³-hybridized carbons (Fsp3) is 0.133. The zero-order valence-electron chi connectivity index (χ0n) is 10.6. The van der Waals surface area contributed by atoms with Gasteiger partial charge in [-0.15, -0.1) is 0 Å². The molecule has 0 aliphatic heterocycles. The summed E-state index contributed by atoms with van der Waals surface area (Å²) in [7, 11) is 1.60. The van der Waals surface area contributed by atoms with Gasteiger partial charge in [0.05, 0.1) is 12.7 Å². The van der Waals surface area contributed by atoms with Crippen LogP contribution in [0.25, 0.3) is 22.3 Å². The van der Waals surface area contributed by atoms with Crippen molar-refractivity contribution in [3.8, 4) is 17.1 Å². The first kappa shape index (κ1) is 11.7. The molecule has 4 heteroatoms. The van der Waals surface area contributed by atoms with Crippen LogP contribution in [0.1, 0.15) is 5.69 Å². The molecule has 2 heterocycles. The largest absolute Gasteiger partial charge is 0.497 e. The number of rotatable bonds is 2. The molecule has 0 saturated carbocycles. The molecule has 0 aliphatic rings. The Hall–Kier alpha value is -2.36. The van der Waals surface area contributed by atoms with Gasteiger partial charge in [-0.3, -0.25) is 0 Å². The van der Waals surface area contributed by atoms with Gasteiger partial charge in [-0.25, -0.2) is 4.98 Å². The number of hydrogen-bond donors (Lipinski definition) is 0. The molecular formula is C15H12FNO2. The van der Waals surface area contributed by atoms with E-state index in [0.717, 1.165) is 11.1 Å². The van der Waals surface area contributed by atoms with Crippen molar-refractivity contribution in [2.24, 2.45) is 0 Å². The standard InChI is InChI=1S/C15H12FNO2/c1-9-3-5-12(15(16)17-9)14-8-10-7-11(18-2)4-6-13(10)19-14/h3-8H,1-2H3. The van der Waals surface area contributed by atoms with Gasteiger partial charge >= 0.3 is 0 Å². The van der Waals surface area contributed by atoms with Crippen molar-refractivity contribution >= 4 is 11.0 Å². The molecule has 0 bridgehead atoms. The average molecular weight is 257 g/mol. The lowest BCUT2D eigenvalue weighted by atomic mass is 10.2. The normalized spacial score (nSPS) is 10.9. The van der Waals surface area contributed by atoms with Crippen LogP contribution in [0.4, 0.5) is 4.39 Å². The highest BCUT2D eigenvalue weighted by molar-refractivity contribution is 5.84. The van der Waals surface area contributed by atoms with Gasteiger partial charge in [0.2, 0.25) is 5.95 Å². The van der Waals surface area contributed by atoms with Crippen molar-refractivity contribution in [1.29, 1.82) is 0 Å². The lowest BCUT2D eigenvalue weighted by Gasteiger charge is -1.99. The van der Waals surface area contributed by atoms with Crippen molar-refractivity contribution in [3.05, 3.63) is 48.0 Å². The molecule has 0 spiro atoms. The fourth-order valence-electron chi connectivity index (χ4n) is 1.99. The lowest BCUT2D eigenvalue weighted by Crippen LogP contribution is -1.89. The van der Waals surface area contributed by atoms with Gasteiger partial charge in [0, 0.05) is 11.1 Å². The molecule has 0 unspecified atom stereocenters. The topological polar surface area (TPSA) is 35.3 Å². The zero-order chi connectivity index (χ0) is 13.4. The van der Waals surface area contributed by atoms with Crippen molar-refractivity contribution < 1.29 is 13.5 Å². The SMILES string of the molecule is COc1ccc2oc(-c3ccc(C)nc3F)cc2c1. The third-order valence-corrected chi connectivity index (χ3v) is 2.98. The minimum absolute atomic E-state index is 0.362. The van der Waals surface area contributed by atoms with Gasteiger partial charge in [0.1, 0.15) is 17.1 Å². The van der Waals surface area contributed by atoms with Crippen LogP contribution in [-0.2, 0) is 0 Å². The van der Waals surface area contributed by atoms with Crippen LogP contribution in [0.15, 0.2) is 40.8 Å². The third-order valence-electron chi connectivity index (χ3n) is 2.98. The Morgan fingerprint density at radius 2 is 2.00 bits per heavy atom. The summed E-state index contributed by atoms with van der Waals surface area (Å²) in [6.07, 6.45) is 0. The highest BCUT2D eigenvalue weighted by Gasteiger charge is 2.12. The van der Waals surface area contributed by atoms with Crippen LogP contribution < -0.4 is 4.74 Å². The van der Waals surface area contributed by atoms with Gasteiger partial charge < -0.3 is 9.15 Å². The molecule has 19 heavy (non-hydrogen) atoms. The number of pyridine rings is 1. The van der Waals surface area contributed by atoms with Crippen LogP contribution in [0.5, 0.6) is 5.75 Å². The molecule has 0 atom stereocenters. The number of furan rings is 1. The fourth-order valence-corrected chi connectivity index (χ4v) is 1.99. The maximum absolute atomic E-state index is 13.8. The van der Waals surface area contributed by atoms with Crippen LogP contribution >= 0.6 is 0 Å². The van der Waals surface area contributed by atoms with E-state index in [2.05, 4.69) is 4.98 Å². The molecule has 96 valence electrons. The minimum Gasteiger partial charge on any atom is -0.497 e. The van der Waals surface area contributed by atoms with E-state index in [9.17, 15) is 4.39 Å². The molecular weight excluding hydrogens is 245 g/mol. The van der Waals surface area contributed by atoms with Crippen LogP contribution in [0.2, 0.25) is 0 Å². The van der Waals surface area contributed by atoms with Crippen LogP contribution in [0, 0.1) is 12.9 Å². The smallest absolute Gasteiger partial charge is 0.224 e. The van der Waals surface area contributed by atoms with E-state index >= 15 is 0 Å². The molecule has 0 fully saturated rings. The number of hydrogen-bond acceptors (Lipinski definition) is 3. The predicted octanol–water partition coefficient (Wildman–Crippen LogP) is 3.95. The van der Waals surface area contributed by atoms with Gasteiger partial charge in [0.25, 0.3) is 0 Å². The highest BCUT2D eigenvalue weighted by atomic mass is 19.1. The second-order valence-electron chi connectivity index (χ2n) is 4.31. The van der Waals surface area contributed by atoms with Crippen molar-refractivity contribution in [2.75, 3.05) is 7.11 Å². The molecule has 2 aromatic heterocycles. The molecule has 0 aliphatic carbocycles. The maximum Gasteiger partial charge on any atom is 0.224 e. The molecule has 3 rings (SSSR count). The Morgan fingerprint density at radius 3 is 2.74 bits per heavy atom. The second-order valence-corrected chi connectivity index (χ2v) is 4.31. The molecule has 1 aromatic carbocycles. The minimum atomic E-state index is -0.522. The Balaban J connectivity index is 2.14. The summed E-state index contributed by atoms with van der Waals surface area (Å²) in [6.45, 7) is 1.75. The van der Waals surface area contributed by atoms with Gasteiger partial charge in [-0.1, -0.05) is 0 Å². The number of methoxy groups -OCH3 is 1. The third kappa shape index (κ3) is 2.05. The van der Waals surface area contributed by atoms with Crippen LogP contribution in [-0.4, -0.2) is 12.1 Å². The zero-order valence-corrected chi connectivity index (χ0v) is 10.6. The molecule has 0 saturated heterocycles. The Bertz CT molecular complexity index is 749. The highest BCUT2D eigenvalue weighted by Crippen LogP contribution is 2.31. The van der Waals surface area contributed by atoms with E-state index in [1.807, 2.05) is 6.07 Å².